The molecule has 0 aliphatic heterocycles. The molecular weight excluding hydrogens is 438 g/mol. The van der Waals surface area contributed by atoms with Crippen molar-refractivity contribution >= 4 is 6.29 Å². The number of hydrogen-bond acceptors (Lipinski definition) is 2. The zero-order chi connectivity index (χ0) is 26.0. The standard InChI is InChI=1S/C34H53NO/c1-6-19-33(5)31-18-20-32(4)28(15-16-30(32)29(31)17-21-34(33,35)22-23-36)10-8-9-26(7-2)24-27-13-11-25(3)12-14-27/h7,11-14,23,26,28-31H,2,6,8-10,15-22,24,35H2,1,3-5H3. The number of nitrogens with two attached hydrogens (primary N) is 1. The van der Waals surface area contributed by atoms with Gasteiger partial charge in [0.15, 0.2) is 0 Å². The number of fused-ring (bicyclic) bond motifs is 3. The fourth-order valence-corrected chi connectivity index (χ4v) is 9.54. The lowest BCUT2D eigenvalue weighted by Gasteiger charge is -2.62. The van der Waals surface area contributed by atoms with Gasteiger partial charge in [0.05, 0.1) is 0 Å². The molecule has 0 radical (unpaired) electrons. The van der Waals surface area contributed by atoms with Crippen molar-refractivity contribution in [1.29, 1.82) is 0 Å². The molecule has 8 unspecified atom stereocenters. The molecule has 3 saturated carbocycles. The monoisotopic (exact) mass is 491 g/mol. The van der Waals surface area contributed by atoms with Gasteiger partial charge in [-0.25, -0.2) is 0 Å². The predicted octanol–water partition coefficient (Wildman–Crippen LogP) is 8.46. The van der Waals surface area contributed by atoms with Crippen LogP contribution in [0.5, 0.6) is 0 Å². The maximum Gasteiger partial charge on any atom is 0.121 e. The molecule has 4 rings (SSSR count). The van der Waals surface area contributed by atoms with E-state index in [1.165, 1.54) is 62.5 Å². The van der Waals surface area contributed by atoms with Gasteiger partial charge in [0.25, 0.3) is 0 Å². The molecule has 0 bridgehead atoms. The van der Waals surface area contributed by atoms with Gasteiger partial charge in [-0.15, -0.1) is 6.58 Å². The first-order valence-corrected chi connectivity index (χ1v) is 15.1. The molecule has 200 valence electrons. The van der Waals surface area contributed by atoms with Crippen LogP contribution < -0.4 is 5.73 Å². The normalized spacial score (nSPS) is 38.7. The van der Waals surface area contributed by atoms with Crippen LogP contribution in [0.3, 0.4) is 0 Å². The number of aldehydes is 1. The maximum atomic E-state index is 11.6. The summed E-state index contributed by atoms with van der Waals surface area (Å²) in [5.74, 6) is 3.78. The number of rotatable bonds is 11. The van der Waals surface area contributed by atoms with Crippen molar-refractivity contribution in [2.45, 2.75) is 117 Å². The van der Waals surface area contributed by atoms with Gasteiger partial charge >= 0.3 is 0 Å². The van der Waals surface area contributed by atoms with E-state index in [1.54, 1.807) is 0 Å². The topological polar surface area (TPSA) is 43.1 Å². The molecule has 3 aliphatic carbocycles. The second kappa shape index (κ2) is 11.1. The highest BCUT2D eigenvalue weighted by Crippen LogP contribution is 2.67. The lowest BCUT2D eigenvalue weighted by molar-refractivity contribution is -0.124. The Labute approximate surface area is 221 Å². The van der Waals surface area contributed by atoms with Gasteiger partial charge in [0.2, 0.25) is 0 Å². The number of allylic oxidation sites excluding steroid dienone is 1. The van der Waals surface area contributed by atoms with Crippen LogP contribution in [0.25, 0.3) is 0 Å². The number of carbonyl (C=O) groups is 1. The van der Waals surface area contributed by atoms with Crippen molar-refractivity contribution in [3.63, 3.8) is 0 Å². The van der Waals surface area contributed by atoms with Crippen molar-refractivity contribution < 1.29 is 4.79 Å². The Kier molecular flexibility index (Phi) is 8.55. The fourth-order valence-electron chi connectivity index (χ4n) is 9.54. The molecule has 0 amide bonds. The lowest BCUT2D eigenvalue weighted by Crippen LogP contribution is -2.64. The molecule has 0 heterocycles. The largest absolute Gasteiger partial charge is 0.324 e. The van der Waals surface area contributed by atoms with E-state index in [-0.39, 0.29) is 11.0 Å². The Morgan fingerprint density at radius 3 is 2.50 bits per heavy atom. The molecule has 3 aliphatic rings. The van der Waals surface area contributed by atoms with Crippen LogP contribution in [0.1, 0.15) is 109 Å². The molecule has 2 heteroatoms. The van der Waals surface area contributed by atoms with E-state index >= 15 is 0 Å². The summed E-state index contributed by atoms with van der Waals surface area (Å²) in [4.78, 5) is 11.6. The minimum atomic E-state index is -0.311. The van der Waals surface area contributed by atoms with E-state index in [0.29, 0.717) is 23.7 Å². The number of benzene rings is 1. The summed E-state index contributed by atoms with van der Waals surface area (Å²) in [6.45, 7) is 13.7. The molecule has 36 heavy (non-hydrogen) atoms. The average Bonchev–Trinajstić information content (AvgIpc) is 3.19. The molecule has 2 N–H and O–H groups in total. The third kappa shape index (κ3) is 5.01. The van der Waals surface area contributed by atoms with Crippen LogP contribution in [0, 0.1) is 47.3 Å². The SMILES string of the molecule is C=CC(CCCC1CCC2C3CCC(N)(CC=O)C(C)(CCC)C3CCC12C)Cc1ccc(C)cc1. The minimum Gasteiger partial charge on any atom is -0.324 e. The summed E-state index contributed by atoms with van der Waals surface area (Å²) in [5, 5.41) is 0. The molecule has 3 fully saturated rings. The predicted molar refractivity (Wildman–Crippen MR) is 153 cm³/mol. The van der Waals surface area contributed by atoms with Crippen molar-refractivity contribution in [2.24, 2.45) is 46.2 Å². The summed E-state index contributed by atoms with van der Waals surface area (Å²) < 4.78 is 0. The van der Waals surface area contributed by atoms with E-state index < -0.39 is 0 Å². The van der Waals surface area contributed by atoms with Crippen LogP contribution in [-0.4, -0.2) is 11.8 Å². The van der Waals surface area contributed by atoms with E-state index in [2.05, 4.69) is 64.6 Å². The van der Waals surface area contributed by atoms with Gasteiger partial charge < -0.3 is 10.5 Å². The number of carbonyl (C=O) groups excluding carboxylic acids is 1. The van der Waals surface area contributed by atoms with Gasteiger partial charge in [-0.1, -0.05) is 69.5 Å². The quantitative estimate of drug-likeness (QED) is 0.249. The highest BCUT2D eigenvalue weighted by atomic mass is 16.1. The number of aryl methyl sites for hydroxylation is 1. The second-order valence-corrected chi connectivity index (χ2v) is 13.5. The number of hydrogen-bond donors (Lipinski definition) is 1. The highest BCUT2D eigenvalue weighted by molar-refractivity contribution is 5.52. The summed E-state index contributed by atoms with van der Waals surface area (Å²) >= 11 is 0. The van der Waals surface area contributed by atoms with Gasteiger partial charge in [-0.3, -0.25) is 0 Å². The third-order valence-electron chi connectivity index (χ3n) is 11.8. The van der Waals surface area contributed by atoms with Crippen LogP contribution in [-0.2, 0) is 11.2 Å². The average molecular weight is 492 g/mol. The fraction of sp³-hybridized carbons (Fsp3) is 0.735. The second-order valence-electron chi connectivity index (χ2n) is 13.5. The first kappa shape index (κ1) is 27.6. The highest BCUT2D eigenvalue weighted by Gasteiger charge is 2.61. The maximum absolute atomic E-state index is 11.6. The Morgan fingerprint density at radius 2 is 1.83 bits per heavy atom. The van der Waals surface area contributed by atoms with Crippen molar-refractivity contribution in [3.05, 3.63) is 48.0 Å². The summed E-state index contributed by atoms with van der Waals surface area (Å²) in [6, 6.07) is 9.04. The van der Waals surface area contributed by atoms with Crippen LogP contribution in [0.2, 0.25) is 0 Å². The van der Waals surface area contributed by atoms with Gasteiger partial charge in [0, 0.05) is 12.0 Å². The van der Waals surface area contributed by atoms with E-state index in [9.17, 15) is 4.79 Å². The Bertz CT molecular complexity index is 891. The molecule has 0 aromatic heterocycles. The smallest absolute Gasteiger partial charge is 0.121 e. The molecule has 8 atom stereocenters. The van der Waals surface area contributed by atoms with Crippen molar-refractivity contribution in [3.8, 4) is 0 Å². The summed E-state index contributed by atoms with van der Waals surface area (Å²) in [6.07, 6.45) is 19.0. The molecule has 1 aromatic rings. The molecule has 0 spiro atoms. The molecular formula is C34H53NO. The van der Waals surface area contributed by atoms with Crippen LogP contribution in [0.4, 0.5) is 0 Å². The zero-order valence-corrected chi connectivity index (χ0v) is 23.7. The zero-order valence-electron chi connectivity index (χ0n) is 23.7. The van der Waals surface area contributed by atoms with Crippen LogP contribution in [0.15, 0.2) is 36.9 Å². The first-order valence-electron chi connectivity index (χ1n) is 15.1. The summed E-state index contributed by atoms with van der Waals surface area (Å²) in [5.41, 5.74) is 10.1. The Morgan fingerprint density at radius 1 is 1.08 bits per heavy atom. The van der Waals surface area contributed by atoms with Crippen LogP contribution >= 0.6 is 0 Å². The van der Waals surface area contributed by atoms with Crippen molar-refractivity contribution in [2.75, 3.05) is 0 Å². The van der Waals surface area contributed by atoms with Gasteiger partial charge in [-0.05, 0) is 117 Å². The minimum absolute atomic E-state index is 0.0954. The summed E-state index contributed by atoms with van der Waals surface area (Å²) in [7, 11) is 0. The van der Waals surface area contributed by atoms with E-state index in [1.807, 2.05) is 0 Å². The van der Waals surface area contributed by atoms with Gasteiger partial charge in [-0.2, -0.15) is 0 Å². The van der Waals surface area contributed by atoms with E-state index in [0.717, 1.165) is 49.7 Å². The Hall–Kier alpha value is -1.41. The Balaban J connectivity index is 1.39. The first-order chi connectivity index (χ1) is 17.2. The third-order valence-corrected chi connectivity index (χ3v) is 11.8. The lowest BCUT2D eigenvalue weighted by atomic mass is 9.44. The van der Waals surface area contributed by atoms with E-state index in [4.69, 9.17) is 5.73 Å². The molecule has 2 nitrogen and oxygen atoms in total. The molecule has 0 saturated heterocycles. The van der Waals surface area contributed by atoms with Gasteiger partial charge in [0.1, 0.15) is 6.29 Å². The van der Waals surface area contributed by atoms with Crippen molar-refractivity contribution in [1.82, 2.24) is 0 Å². The molecule has 1 aromatic carbocycles.